The van der Waals surface area contributed by atoms with Gasteiger partial charge >= 0.3 is 0 Å². The van der Waals surface area contributed by atoms with Crippen molar-refractivity contribution in [3.05, 3.63) is 53.9 Å². The van der Waals surface area contributed by atoms with Crippen LogP contribution < -0.4 is 10.6 Å². The molecule has 0 bridgehead atoms. The Hall–Kier alpha value is -2.30. The van der Waals surface area contributed by atoms with Crippen LogP contribution in [0.3, 0.4) is 0 Å². The molecule has 0 fully saturated rings. The summed E-state index contributed by atoms with van der Waals surface area (Å²) in [5.41, 5.74) is 2.45. The van der Waals surface area contributed by atoms with Crippen molar-refractivity contribution in [2.45, 2.75) is 39.4 Å². The van der Waals surface area contributed by atoms with Gasteiger partial charge in [0.25, 0.3) is 0 Å². The van der Waals surface area contributed by atoms with Gasteiger partial charge in [-0.25, -0.2) is 0 Å². The lowest BCUT2D eigenvalue weighted by molar-refractivity contribution is 0.501. The second-order valence-corrected chi connectivity index (χ2v) is 6.32. The third-order valence-electron chi connectivity index (χ3n) is 3.07. The fourth-order valence-electron chi connectivity index (χ4n) is 2.14. The van der Waals surface area contributed by atoms with E-state index in [0.29, 0.717) is 0 Å². The predicted octanol–water partition coefficient (Wildman–Crippen LogP) is 2.39. The molecule has 118 valence electrons. The van der Waals surface area contributed by atoms with Crippen LogP contribution in [0.5, 0.6) is 0 Å². The maximum absolute atomic E-state index is 4.25. The first-order valence-corrected chi connectivity index (χ1v) is 7.50. The number of nitrogens with zero attached hydrogens (tertiary/aromatic N) is 3. The minimum Gasteiger partial charge on any atom is -0.352 e. The van der Waals surface area contributed by atoms with Gasteiger partial charge in [0.05, 0.1) is 6.54 Å². The highest BCUT2D eigenvalue weighted by atomic mass is 15.3. The Morgan fingerprint density at radius 3 is 2.64 bits per heavy atom. The fraction of sp³-hybridized carbons (Fsp3) is 0.412. The molecule has 0 radical (unpaired) electrons. The number of aromatic nitrogens is 2. The molecular formula is C17H25N5. The average Bonchev–Trinajstić information content (AvgIpc) is 2.95. The summed E-state index contributed by atoms with van der Waals surface area (Å²) in [4.78, 5) is 4.25. The number of guanidine groups is 1. The molecule has 1 heterocycles. The molecule has 0 unspecified atom stereocenters. The number of hydrogen-bond acceptors (Lipinski definition) is 2. The van der Waals surface area contributed by atoms with Crippen molar-refractivity contribution in [2.24, 2.45) is 4.99 Å². The van der Waals surface area contributed by atoms with Crippen molar-refractivity contribution >= 4 is 5.96 Å². The van der Waals surface area contributed by atoms with E-state index >= 15 is 0 Å². The summed E-state index contributed by atoms with van der Waals surface area (Å²) >= 11 is 0. The monoisotopic (exact) mass is 299 g/mol. The molecule has 2 aromatic rings. The Morgan fingerprint density at radius 2 is 2.00 bits per heavy atom. The van der Waals surface area contributed by atoms with Gasteiger partial charge in [-0.1, -0.05) is 24.3 Å². The second-order valence-electron chi connectivity index (χ2n) is 6.32. The van der Waals surface area contributed by atoms with E-state index in [1.165, 1.54) is 11.1 Å². The summed E-state index contributed by atoms with van der Waals surface area (Å²) in [5, 5.41) is 10.9. The molecule has 5 heteroatoms. The van der Waals surface area contributed by atoms with Gasteiger partial charge in [0.2, 0.25) is 0 Å². The van der Waals surface area contributed by atoms with Crippen LogP contribution in [0, 0.1) is 0 Å². The van der Waals surface area contributed by atoms with E-state index in [1.54, 1.807) is 13.2 Å². The van der Waals surface area contributed by atoms with E-state index in [4.69, 9.17) is 0 Å². The lowest BCUT2D eigenvalue weighted by Crippen LogP contribution is -2.47. The quantitative estimate of drug-likeness (QED) is 0.673. The lowest BCUT2D eigenvalue weighted by atomic mass is 10.1. The molecule has 0 aliphatic carbocycles. The predicted molar refractivity (Wildman–Crippen MR) is 90.9 cm³/mol. The summed E-state index contributed by atoms with van der Waals surface area (Å²) in [5.74, 6) is 0.810. The molecule has 1 aromatic carbocycles. The zero-order valence-corrected chi connectivity index (χ0v) is 13.8. The van der Waals surface area contributed by atoms with E-state index in [-0.39, 0.29) is 5.54 Å². The summed E-state index contributed by atoms with van der Waals surface area (Å²) < 4.78 is 1.92. The molecule has 0 saturated carbocycles. The van der Waals surface area contributed by atoms with Crippen LogP contribution in [0.1, 0.15) is 31.9 Å². The minimum atomic E-state index is -0.0101. The Morgan fingerprint density at radius 1 is 1.23 bits per heavy atom. The molecule has 22 heavy (non-hydrogen) atoms. The average molecular weight is 299 g/mol. The molecule has 0 amide bonds. The summed E-state index contributed by atoms with van der Waals surface area (Å²) in [6.07, 6.45) is 3.77. The Balaban J connectivity index is 1.95. The highest BCUT2D eigenvalue weighted by Gasteiger charge is 2.11. The first-order valence-electron chi connectivity index (χ1n) is 7.50. The van der Waals surface area contributed by atoms with Crippen molar-refractivity contribution in [3.63, 3.8) is 0 Å². The molecule has 2 N–H and O–H groups in total. The third kappa shape index (κ3) is 5.24. The van der Waals surface area contributed by atoms with E-state index in [1.807, 2.05) is 16.9 Å². The maximum Gasteiger partial charge on any atom is 0.191 e. The molecular weight excluding hydrogens is 274 g/mol. The minimum absolute atomic E-state index is 0.0101. The van der Waals surface area contributed by atoms with Crippen LogP contribution in [0.25, 0.3) is 0 Å². The zero-order valence-electron chi connectivity index (χ0n) is 13.8. The molecule has 5 nitrogen and oxygen atoms in total. The Bertz CT molecular complexity index is 608. The standard InChI is InChI=1S/C17H25N5/c1-17(2,3)21-16(18-4)19-12-14-7-5-8-15(11-14)13-22-10-6-9-20-22/h5-11H,12-13H2,1-4H3,(H2,18,19,21). The maximum atomic E-state index is 4.25. The van der Waals surface area contributed by atoms with Crippen LogP contribution in [0.15, 0.2) is 47.7 Å². The largest absolute Gasteiger partial charge is 0.352 e. The number of hydrogen-bond donors (Lipinski definition) is 2. The first kappa shape index (κ1) is 16.1. The van der Waals surface area contributed by atoms with Crippen LogP contribution in [-0.4, -0.2) is 28.3 Å². The van der Waals surface area contributed by atoms with Gasteiger partial charge < -0.3 is 10.6 Å². The zero-order chi connectivity index (χ0) is 16.0. The fourth-order valence-corrected chi connectivity index (χ4v) is 2.14. The van der Waals surface area contributed by atoms with Crippen molar-refractivity contribution in [3.8, 4) is 0 Å². The summed E-state index contributed by atoms with van der Waals surface area (Å²) in [6.45, 7) is 7.87. The molecule has 1 aromatic heterocycles. The van der Waals surface area contributed by atoms with Gasteiger partial charge in [-0.15, -0.1) is 0 Å². The normalized spacial score (nSPS) is 12.3. The number of nitrogens with one attached hydrogen (secondary N) is 2. The van der Waals surface area contributed by atoms with Gasteiger partial charge in [-0.2, -0.15) is 5.10 Å². The molecule has 0 aliphatic rings. The smallest absolute Gasteiger partial charge is 0.191 e. The molecule has 0 atom stereocenters. The van der Waals surface area contributed by atoms with Crippen molar-refractivity contribution < 1.29 is 0 Å². The SMILES string of the molecule is CN=C(NCc1cccc(Cn2cccn2)c1)NC(C)(C)C. The second kappa shape index (κ2) is 7.11. The molecule has 2 rings (SSSR count). The Kier molecular flexibility index (Phi) is 5.20. The Labute approximate surface area is 132 Å². The van der Waals surface area contributed by atoms with E-state index in [0.717, 1.165) is 19.0 Å². The van der Waals surface area contributed by atoms with Gasteiger partial charge in [0.1, 0.15) is 0 Å². The molecule has 0 aliphatic heterocycles. The molecule has 0 saturated heterocycles. The summed E-state index contributed by atoms with van der Waals surface area (Å²) in [6, 6.07) is 10.4. The highest BCUT2D eigenvalue weighted by molar-refractivity contribution is 5.80. The summed E-state index contributed by atoms with van der Waals surface area (Å²) in [7, 11) is 1.79. The topological polar surface area (TPSA) is 54.2 Å². The lowest BCUT2D eigenvalue weighted by Gasteiger charge is -2.23. The number of rotatable bonds is 4. The van der Waals surface area contributed by atoms with Gasteiger partial charge in [-0.05, 0) is 38.0 Å². The van der Waals surface area contributed by atoms with Crippen LogP contribution in [0.4, 0.5) is 0 Å². The highest BCUT2D eigenvalue weighted by Crippen LogP contribution is 2.07. The van der Waals surface area contributed by atoms with Gasteiger partial charge in [0, 0.05) is 31.5 Å². The van der Waals surface area contributed by atoms with Crippen molar-refractivity contribution in [2.75, 3.05) is 7.05 Å². The molecule has 0 spiro atoms. The van der Waals surface area contributed by atoms with Crippen molar-refractivity contribution in [1.82, 2.24) is 20.4 Å². The number of aliphatic imine (C=N–C) groups is 1. The van der Waals surface area contributed by atoms with E-state index < -0.39 is 0 Å². The van der Waals surface area contributed by atoms with Crippen LogP contribution in [0.2, 0.25) is 0 Å². The van der Waals surface area contributed by atoms with Crippen LogP contribution >= 0.6 is 0 Å². The van der Waals surface area contributed by atoms with Gasteiger partial charge in [-0.3, -0.25) is 9.67 Å². The number of benzene rings is 1. The van der Waals surface area contributed by atoms with E-state index in [9.17, 15) is 0 Å². The van der Waals surface area contributed by atoms with E-state index in [2.05, 4.69) is 65.8 Å². The van der Waals surface area contributed by atoms with Gasteiger partial charge in [0.15, 0.2) is 5.96 Å². The first-order chi connectivity index (χ1) is 10.5. The van der Waals surface area contributed by atoms with Crippen molar-refractivity contribution in [1.29, 1.82) is 0 Å². The third-order valence-corrected chi connectivity index (χ3v) is 3.07. The van der Waals surface area contributed by atoms with Crippen LogP contribution in [-0.2, 0) is 13.1 Å².